The van der Waals surface area contributed by atoms with E-state index in [1.807, 2.05) is 5.57 Å². The Morgan fingerprint density at radius 2 is 1.49 bits per heavy atom. The summed E-state index contributed by atoms with van der Waals surface area (Å²) in [5.74, 6) is 4.83. The van der Waals surface area contributed by atoms with Crippen molar-refractivity contribution >= 4 is 6.29 Å². The lowest BCUT2D eigenvalue weighted by atomic mass is 9.46. The summed E-state index contributed by atoms with van der Waals surface area (Å²) in [7, 11) is 0. The zero-order valence-corrected chi connectivity index (χ0v) is 28.3. The molecule has 1 heteroatoms. The van der Waals surface area contributed by atoms with E-state index in [9.17, 15) is 0 Å². The van der Waals surface area contributed by atoms with Crippen molar-refractivity contribution in [1.82, 2.24) is 0 Å². The Kier molecular flexibility index (Phi) is 17.2. The smallest absolute Gasteiger partial charge is 0.116 e. The molecule has 0 saturated heterocycles. The molecule has 4 aliphatic rings. The highest BCUT2D eigenvalue weighted by atomic mass is 16.1. The van der Waals surface area contributed by atoms with Crippen molar-refractivity contribution in [2.24, 2.45) is 40.4 Å². The van der Waals surface area contributed by atoms with Crippen LogP contribution in [0, 0.1) is 40.4 Å². The lowest BCUT2D eigenvalue weighted by Gasteiger charge is -2.58. The maximum atomic E-state index is 8.81. The number of carbonyl (C=O) groups is 1. The fourth-order valence-corrected chi connectivity index (χ4v) is 8.86. The van der Waals surface area contributed by atoms with Crippen molar-refractivity contribution in [3.63, 3.8) is 0 Å². The minimum atomic E-state index is 0.521. The first-order valence-electron chi connectivity index (χ1n) is 17.4. The zero-order chi connectivity index (χ0) is 29.5. The second-order valence-corrected chi connectivity index (χ2v) is 13.9. The molecule has 0 heterocycles. The molecule has 0 aromatic rings. The van der Waals surface area contributed by atoms with Crippen LogP contribution in [0.5, 0.6) is 0 Å². The Bertz CT molecular complexity index is 729. The molecule has 0 N–H and O–H groups in total. The summed E-state index contributed by atoms with van der Waals surface area (Å²) in [5, 5.41) is 0. The number of unbranched alkanes of at least 4 members (excludes halogenated alkanes) is 4. The van der Waals surface area contributed by atoms with Gasteiger partial charge in [-0.2, -0.15) is 0 Å². The van der Waals surface area contributed by atoms with Crippen molar-refractivity contribution in [1.29, 1.82) is 0 Å². The fraction of sp³-hybridized carbons (Fsp3) is 0.868. The molecule has 228 valence electrons. The number of carbonyl (C=O) groups excluding carboxylic acids is 1. The molecule has 0 radical (unpaired) electrons. The average molecular weight is 543 g/mol. The monoisotopic (exact) mass is 543 g/mol. The molecule has 0 aromatic carbocycles. The third-order valence-corrected chi connectivity index (χ3v) is 11.1. The van der Waals surface area contributed by atoms with E-state index in [2.05, 4.69) is 74.5 Å². The molecule has 39 heavy (non-hydrogen) atoms. The van der Waals surface area contributed by atoms with E-state index in [0.29, 0.717) is 10.8 Å². The Morgan fingerprint density at radius 3 is 2.08 bits per heavy atom. The lowest BCUT2D eigenvalue weighted by molar-refractivity contribution is -0.106. The minimum absolute atomic E-state index is 0.521. The Labute approximate surface area is 246 Å². The van der Waals surface area contributed by atoms with E-state index >= 15 is 0 Å². The molecule has 3 fully saturated rings. The predicted molar refractivity (Wildman–Crippen MR) is 175 cm³/mol. The molecule has 0 aromatic heterocycles. The van der Waals surface area contributed by atoms with Gasteiger partial charge < -0.3 is 4.79 Å². The van der Waals surface area contributed by atoms with Crippen LogP contribution in [-0.4, -0.2) is 6.29 Å². The van der Waals surface area contributed by atoms with Crippen LogP contribution >= 0.6 is 0 Å². The highest BCUT2D eigenvalue weighted by molar-refractivity contribution is 5.44. The fourth-order valence-electron chi connectivity index (χ4n) is 8.86. The van der Waals surface area contributed by atoms with E-state index < -0.39 is 0 Å². The Balaban J connectivity index is 0.000000747. The van der Waals surface area contributed by atoms with Crippen LogP contribution in [0.25, 0.3) is 0 Å². The highest BCUT2D eigenvalue weighted by Gasteiger charge is 2.58. The maximum absolute atomic E-state index is 8.81. The molecule has 3 saturated carbocycles. The third kappa shape index (κ3) is 9.33. The molecule has 4 aliphatic carbocycles. The molecule has 6 unspecified atom stereocenters. The highest BCUT2D eigenvalue weighted by Crippen LogP contribution is 2.67. The number of hydrogen-bond donors (Lipinski definition) is 0. The van der Waals surface area contributed by atoms with Crippen LogP contribution in [0.4, 0.5) is 0 Å². The normalized spacial score (nSPS) is 34.8. The number of hydrogen-bond acceptors (Lipinski definition) is 1. The Hall–Kier alpha value is -0.850. The molecule has 0 aliphatic heterocycles. The molecular formula is C38H70O. The molecule has 0 amide bonds. The van der Waals surface area contributed by atoms with Gasteiger partial charge in [-0.15, -0.1) is 0 Å². The molecule has 0 spiro atoms. The van der Waals surface area contributed by atoms with Crippen LogP contribution in [0.15, 0.2) is 23.3 Å². The van der Waals surface area contributed by atoms with Crippen molar-refractivity contribution in [2.45, 2.75) is 172 Å². The van der Waals surface area contributed by atoms with Crippen molar-refractivity contribution in [3.8, 4) is 0 Å². The molecule has 4 rings (SSSR count). The summed E-state index contributed by atoms with van der Waals surface area (Å²) in [6.45, 7) is 22.3. The predicted octanol–water partition coefficient (Wildman–Crippen LogP) is 12.5. The van der Waals surface area contributed by atoms with Crippen molar-refractivity contribution in [2.75, 3.05) is 0 Å². The van der Waals surface area contributed by atoms with Gasteiger partial charge in [0, 0.05) is 0 Å². The van der Waals surface area contributed by atoms with Crippen LogP contribution in [0.3, 0.4) is 0 Å². The molecule has 1 nitrogen and oxygen atoms in total. The van der Waals surface area contributed by atoms with Gasteiger partial charge in [-0.1, -0.05) is 117 Å². The summed E-state index contributed by atoms with van der Waals surface area (Å²) in [4.78, 5) is 8.81. The van der Waals surface area contributed by atoms with E-state index in [-0.39, 0.29) is 0 Å². The van der Waals surface area contributed by atoms with Crippen molar-refractivity contribution in [3.05, 3.63) is 23.3 Å². The third-order valence-electron chi connectivity index (χ3n) is 11.1. The van der Waals surface area contributed by atoms with Gasteiger partial charge in [-0.3, -0.25) is 0 Å². The van der Waals surface area contributed by atoms with Crippen LogP contribution in [0.2, 0.25) is 0 Å². The largest absolute Gasteiger partial charge is 0.304 e. The van der Waals surface area contributed by atoms with E-state index in [1.165, 1.54) is 110 Å². The second-order valence-electron chi connectivity index (χ2n) is 13.9. The standard InChI is InChI=1S/C30H50.2C3H8.C2H4O/c1-6-8-9-10-11-12-24-14-16-27-26-15-13-25-21-23(22(3)7-2)17-19-30(25,5)28(26)18-20-29(24,27)4;2*1-3-2;1-2-3/h7,13,23-24,26-28H,6,8-12,14-21H2,1-5H3;2*3H2,1-2H3;2H,1H3/b22-7-;;;/t23?,24?,26?,27-,28?,29?,30?;;;/m0.../s1. The second kappa shape index (κ2) is 18.6. The topological polar surface area (TPSA) is 17.1 Å². The summed E-state index contributed by atoms with van der Waals surface area (Å²) < 4.78 is 0. The number of rotatable bonds is 7. The number of fused-ring (bicyclic) bond motifs is 5. The maximum Gasteiger partial charge on any atom is 0.116 e. The van der Waals surface area contributed by atoms with Crippen LogP contribution < -0.4 is 0 Å². The van der Waals surface area contributed by atoms with Gasteiger partial charge in [-0.05, 0) is 119 Å². The Morgan fingerprint density at radius 1 is 0.872 bits per heavy atom. The van der Waals surface area contributed by atoms with Gasteiger partial charge in [0.15, 0.2) is 0 Å². The molecular weight excluding hydrogens is 472 g/mol. The first kappa shape index (κ1) is 36.2. The summed E-state index contributed by atoms with van der Waals surface area (Å²) in [6.07, 6.45) is 28.9. The quantitative estimate of drug-likeness (QED) is 0.177. The van der Waals surface area contributed by atoms with E-state index in [0.717, 1.165) is 35.9 Å². The van der Waals surface area contributed by atoms with Crippen LogP contribution in [0.1, 0.15) is 172 Å². The summed E-state index contributed by atoms with van der Waals surface area (Å²) >= 11 is 0. The number of aldehydes is 1. The first-order chi connectivity index (χ1) is 18.7. The van der Waals surface area contributed by atoms with Gasteiger partial charge in [0.05, 0.1) is 0 Å². The lowest BCUT2D eigenvalue weighted by Crippen LogP contribution is -2.50. The minimum Gasteiger partial charge on any atom is -0.304 e. The van der Waals surface area contributed by atoms with Gasteiger partial charge in [-0.25, -0.2) is 0 Å². The van der Waals surface area contributed by atoms with Gasteiger partial charge in [0.25, 0.3) is 0 Å². The van der Waals surface area contributed by atoms with E-state index in [1.54, 1.807) is 5.57 Å². The SMILES string of the molecule is C/C=C(/C)C1CCC2(C)C(=CCC3C2CCC2(C)C(CCCCCCC)CC[C@@H]32)C1.CC=O.CCC.CCC. The van der Waals surface area contributed by atoms with Gasteiger partial charge in [0.2, 0.25) is 0 Å². The first-order valence-corrected chi connectivity index (χ1v) is 17.4. The zero-order valence-electron chi connectivity index (χ0n) is 28.3. The summed E-state index contributed by atoms with van der Waals surface area (Å²) in [6, 6.07) is 0. The van der Waals surface area contributed by atoms with Crippen molar-refractivity contribution < 1.29 is 4.79 Å². The number of allylic oxidation sites excluding steroid dienone is 4. The molecule has 0 bridgehead atoms. The van der Waals surface area contributed by atoms with Crippen LogP contribution in [-0.2, 0) is 4.79 Å². The summed E-state index contributed by atoms with van der Waals surface area (Å²) in [5.41, 5.74) is 4.67. The molecule has 7 atom stereocenters. The van der Waals surface area contributed by atoms with Gasteiger partial charge in [0.1, 0.15) is 6.29 Å². The van der Waals surface area contributed by atoms with Gasteiger partial charge >= 0.3 is 0 Å². The average Bonchev–Trinajstić information content (AvgIpc) is 3.25. The van der Waals surface area contributed by atoms with E-state index in [4.69, 9.17) is 4.79 Å².